The summed E-state index contributed by atoms with van der Waals surface area (Å²) in [6, 6.07) is 12.8. The van der Waals surface area contributed by atoms with Gasteiger partial charge in [0, 0.05) is 37.2 Å². The number of carbonyl (C=O) groups excluding carboxylic acids is 2. The average Bonchev–Trinajstić information content (AvgIpc) is 2.99. The standard InChI is InChI=1S/C21H22N2O4/c1-13-17-11-16(26-4)9-10-19(17)27-20(13)21(25)22-18-8-6-5-7-15(18)12-23(3)14(2)24/h5-11H,12H2,1-4H3,(H,22,25). The Morgan fingerprint density at radius 1 is 1.19 bits per heavy atom. The molecule has 0 radical (unpaired) electrons. The number of carbonyl (C=O) groups is 2. The van der Waals surface area contributed by atoms with E-state index < -0.39 is 0 Å². The predicted molar refractivity (Wildman–Crippen MR) is 104 cm³/mol. The van der Waals surface area contributed by atoms with Crippen LogP contribution in [0, 0.1) is 6.92 Å². The molecule has 0 atom stereocenters. The fourth-order valence-corrected chi connectivity index (χ4v) is 2.87. The lowest BCUT2D eigenvalue weighted by molar-refractivity contribution is -0.128. The van der Waals surface area contributed by atoms with Crippen LogP contribution in [0.2, 0.25) is 0 Å². The first-order valence-corrected chi connectivity index (χ1v) is 8.58. The molecule has 1 heterocycles. The summed E-state index contributed by atoms with van der Waals surface area (Å²) in [5.41, 5.74) is 2.87. The van der Waals surface area contributed by atoms with Crippen molar-refractivity contribution < 1.29 is 18.7 Å². The molecule has 0 aliphatic heterocycles. The van der Waals surface area contributed by atoms with E-state index in [1.807, 2.05) is 37.3 Å². The van der Waals surface area contributed by atoms with Gasteiger partial charge in [-0.3, -0.25) is 9.59 Å². The second-order valence-electron chi connectivity index (χ2n) is 6.40. The molecule has 3 aromatic rings. The Bertz CT molecular complexity index is 1010. The van der Waals surface area contributed by atoms with E-state index in [1.165, 1.54) is 6.92 Å². The lowest BCUT2D eigenvalue weighted by Gasteiger charge is -2.17. The molecular formula is C21H22N2O4. The number of benzene rings is 2. The van der Waals surface area contributed by atoms with E-state index in [2.05, 4.69) is 5.32 Å². The molecule has 0 aliphatic carbocycles. The van der Waals surface area contributed by atoms with Gasteiger partial charge in [0.05, 0.1) is 7.11 Å². The molecule has 27 heavy (non-hydrogen) atoms. The minimum atomic E-state index is -0.333. The fourth-order valence-electron chi connectivity index (χ4n) is 2.87. The molecule has 0 fully saturated rings. The Balaban J connectivity index is 1.89. The first kappa shape index (κ1) is 18.5. The van der Waals surface area contributed by atoms with Crippen molar-refractivity contribution in [1.29, 1.82) is 0 Å². The highest BCUT2D eigenvalue weighted by Gasteiger charge is 2.19. The van der Waals surface area contributed by atoms with E-state index >= 15 is 0 Å². The van der Waals surface area contributed by atoms with Crippen LogP contribution in [0.1, 0.15) is 28.6 Å². The lowest BCUT2D eigenvalue weighted by Crippen LogP contribution is -2.24. The first-order valence-electron chi connectivity index (χ1n) is 8.58. The second-order valence-corrected chi connectivity index (χ2v) is 6.40. The van der Waals surface area contributed by atoms with Crippen molar-refractivity contribution in [1.82, 2.24) is 4.90 Å². The smallest absolute Gasteiger partial charge is 0.291 e. The van der Waals surface area contributed by atoms with Crippen LogP contribution in [0.15, 0.2) is 46.9 Å². The zero-order valence-electron chi connectivity index (χ0n) is 15.8. The molecule has 1 aromatic heterocycles. The maximum absolute atomic E-state index is 12.8. The molecule has 3 rings (SSSR count). The number of hydrogen-bond donors (Lipinski definition) is 1. The summed E-state index contributed by atoms with van der Waals surface area (Å²) in [6.07, 6.45) is 0. The van der Waals surface area contributed by atoms with Gasteiger partial charge in [-0.1, -0.05) is 18.2 Å². The summed E-state index contributed by atoms with van der Waals surface area (Å²) in [7, 11) is 3.32. The Kier molecular flexibility index (Phi) is 5.16. The Morgan fingerprint density at radius 3 is 2.63 bits per heavy atom. The molecular weight excluding hydrogens is 344 g/mol. The molecule has 0 aliphatic rings. The molecule has 0 saturated heterocycles. The van der Waals surface area contributed by atoms with Gasteiger partial charge in [-0.25, -0.2) is 0 Å². The minimum Gasteiger partial charge on any atom is -0.497 e. The monoisotopic (exact) mass is 366 g/mol. The summed E-state index contributed by atoms with van der Waals surface area (Å²) in [5, 5.41) is 3.74. The van der Waals surface area contributed by atoms with Crippen LogP contribution in [0.3, 0.4) is 0 Å². The Morgan fingerprint density at radius 2 is 1.93 bits per heavy atom. The second kappa shape index (κ2) is 7.53. The van der Waals surface area contributed by atoms with Gasteiger partial charge in [0.15, 0.2) is 5.76 Å². The maximum atomic E-state index is 12.8. The van der Waals surface area contributed by atoms with E-state index in [4.69, 9.17) is 9.15 Å². The van der Waals surface area contributed by atoms with Gasteiger partial charge in [0.2, 0.25) is 5.91 Å². The third kappa shape index (κ3) is 3.79. The third-order valence-corrected chi connectivity index (χ3v) is 4.56. The van der Waals surface area contributed by atoms with E-state index in [9.17, 15) is 9.59 Å². The summed E-state index contributed by atoms with van der Waals surface area (Å²) in [5.74, 6) is 0.586. The summed E-state index contributed by atoms with van der Waals surface area (Å²) in [4.78, 5) is 25.9. The number of hydrogen-bond acceptors (Lipinski definition) is 4. The Labute approximate surface area is 157 Å². The summed E-state index contributed by atoms with van der Waals surface area (Å²) < 4.78 is 11.0. The topological polar surface area (TPSA) is 71.8 Å². The van der Waals surface area contributed by atoms with E-state index in [1.54, 1.807) is 31.2 Å². The highest BCUT2D eigenvalue weighted by molar-refractivity contribution is 6.06. The van der Waals surface area contributed by atoms with Gasteiger partial charge < -0.3 is 19.4 Å². The van der Waals surface area contributed by atoms with Gasteiger partial charge in [-0.15, -0.1) is 0 Å². The molecule has 0 bridgehead atoms. The molecule has 0 spiro atoms. The van der Waals surface area contributed by atoms with Crippen molar-refractivity contribution in [3.8, 4) is 5.75 Å². The van der Waals surface area contributed by atoms with Crippen LogP contribution in [0.5, 0.6) is 5.75 Å². The van der Waals surface area contributed by atoms with Crippen LogP contribution < -0.4 is 10.1 Å². The number of methoxy groups -OCH3 is 1. The van der Waals surface area contributed by atoms with Crippen molar-refractivity contribution in [2.45, 2.75) is 20.4 Å². The van der Waals surface area contributed by atoms with E-state index in [0.29, 0.717) is 23.6 Å². The lowest BCUT2D eigenvalue weighted by atomic mass is 10.1. The molecule has 2 amide bonds. The average molecular weight is 366 g/mol. The zero-order valence-corrected chi connectivity index (χ0v) is 15.8. The molecule has 140 valence electrons. The fraction of sp³-hybridized carbons (Fsp3) is 0.238. The zero-order chi connectivity index (χ0) is 19.6. The van der Waals surface area contributed by atoms with Gasteiger partial charge in [0.25, 0.3) is 5.91 Å². The number of nitrogens with one attached hydrogen (secondary N) is 1. The SMILES string of the molecule is COc1ccc2oc(C(=O)Nc3ccccc3CN(C)C(C)=O)c(C)c2c1. The number of ether oxygens (including phenoxy) is 1. The van der Waals surface area contributed by atoms with Crippen LogP contribution in [0.25, 0.3) is 11.0 Å². The molecule has 0 saturated carbocycles. The first-order chi connectivity index (χ1) is 12.9. The van der Waals surface area contributed by atoms with Crippen molar-refractivity contribution in [3.05, 3.63) is 59.4 Å². The number of nitrogens with zero attached hydrogens (tertiary/aromatic N) is 1. The number of fused-ring (bicyclic) bond motifs is 1. The minimum absolute atomic E-state index is 0.0433. The number of para-hydroxylation sites is 1. The number of rotatable bonds is 5. The number of anilines is 1. The van der Waals surface area contributed by atoms with Crippen LogP contribution in [-0.4, -0.2) is 30.9 Å². The quantitative estimate of drug-likeness (QED) is 0.741. The van der Waals surface area contributed by atoms with Crippen molar-refractivity contribution in [2.24, 2.45) is 0 Å². The van der Waals surface area contributed by atoms with Crippen LogP contribution in [0.4, 0.5) is 5.69 Å². The number of furan rings is 1. The molecule has 0 unspecified atom stereocenters. The number of amides is 2. The van der Waals surface area contributed by atoms with Crippen LogP contribution in [-0.2, 0) is 11.3 Å². The normalized spacial score (nSPS) is 10.7. The van der Waals surface area contributed by atoms with Crippen molar-refractivity contribution >= 4 is 28.5 Å². The summed E-state index contributed by atoms with van der Waals surface area (Å²) >= 11 is 0. The van der Waals surface area contributed by atoms with Gasteiger partial charge in [-0.05, 0) is 36.8 Å². The highest BCUT2D eigenvalue weighted by Crippen LogP contribution is 2.29. The van der Waals surface area contributed by atoms with E-state index in [0.717, 1.165) is 16.5 Å². The highest BCUT2D eigenvalue weighted by atomic mass is 16.5. The number of aryl methyl sites for hydroxylation is 1. The third-order valence-electron chi connectivity index (χ3n) is 4.56. The summed E-state index contributed by atoms with van der Waals surface area (Å²) in [6.45, 7) is 3.75. The molecule has 6 heteroatoms. The van der Waals surface area contributed by atoms with Crippen molar-refractivity contribution in [3.63, 3.8) is 0 Å². The van der Waals surface area contributed by atoms with Crippen LogP contribution >= 0.6 is 0 Å². The van der Waals surface area contributed by atoms with Gasteiger partial charge >= 0.3 is 0 Å². The van der Waals surface area contributed by atoms with Gasteiger partial charge in [0.1, 0.15) is 11.3 Å². The molecule has 6 nitrogen and oxygen atoms in total. The van der Waals surface area contributed by atoms with E-state index in [-0.39, 0.29) is 17.6 Å². The maximum Gasteiger partial charge on any atom is 0.291 e. The van der Waals surface area contributed by atoms with Gasteiger partial charge in [-0.2, -0.15) is 0 Å². The molecule has 1 N–H and O–H groups in total. The Hall–Kier alpha value is -3.28. The van der Waals surface area contributed by atoms with Crippen molar-refractivity contribution in [2.75, 3.05) is 19.5 Å². The predicted octanol–water partition coefficient (Wildman–Crippen LogP) is 3.98. The largest absolute Gasteiger partial charge is 0.497 e. The molecule has 2 aromatic carbocycles.